The van der Waals surface area contributed by atoms with E-state index < -0.39 is 18.1 Å². The van der Waals surface area contributed by atoms with Gasteiger partial charge in [0.2, 0.25) is 0 Å². The SMILES string of the molecule is CC/C=C/C/C=C/CCCCCCCC(=O)OCC(COCCC(C(=O)[O-])[N+](C)(C)C)OC(=O)CCCCCCC/C=C/C/C=C/C/C=C/C/C=C/CCCCC. The summed E-state index contributed by atoms with van der Waals surface area (Å²) in [7, 11) is 5.39. The largest absolute Gasteiger partial charge is 0.544 e. The summed E-state index contributed by atoms with van der Waals surface area (Å²) in [5.74, 6) is -1.79. The quantitative estimate of drug-likeness (QED) is 0.0264. The van der Waals surface area contributed by atoms with E-state index in [-0.39, 0.29) is 42.7 Å². The molecule has 0 aromatic heterocycles. The zero-order valence-corrected chi connectivity index (χ0v) is 37.0. The van der Waals surface area contributed by atoms with Crippen LogP contribution in [0.4, 0.5) is 0 Å². The molecule has 8 nitrogen and oxygen atoms in total. The molecule has 0 N–H and O–H groups in total. The van der Waals surface area contributed by atoms with Gasteiger partial charge in [0.25, 0.3) is 0 Å². The summed E-state index contributed by atoms with van der Waals surface area (Å²) in [5.41, 5.74) is 0. The molecular formula is C49H83NO7. The third kappa shape index (κ3) is 38.1. The van der Waals surface area contributed by atoms with Gasteiger partial charge in [0.05, 0.1) is 40.3 Å². The number of hydrogen-bond donors (Lipinski definition) is 0. The molecule has 0 saturated heterocycles. The molecule has 0 bridgehead atoms. The Morgan fingerprint density at radius 2 is 0.982 bits per heavy atom. The Kier molecular flexibility index (Phi) is 37.3. The summed E-state index contributed by atoms with van der Waals surface area (Å²) >= 11 is 0. The van der Waals surface area contributed by atoms with Crippen molar-refractivity contribution in [3.63, 3.8) is 0 Å². The van der Waals surface area contributed by atoms with Gasteiger partial charge >= 0.3 is 11.9 Å². The van der Waals surface area contributed by atoms with Crippen LogP contribution in [-0.4, -0.2) is 75.5 Å². The Morgan fingerprint density at radius 3 is 1.46 bits per heavy atom. The Balaban J connectivity index is 4.38. The highest BCUT2D eigenvalue weighted by atomic mass is 16.6. The first kappa shape index (κ1) is 53.8. The number of unbranched alkanes of at least 4 members (excludes halogenated alkanes) is 13. The third-order valence-electron chi connectivity index (χ3n) is 9.58. The average molecular weight is 798 g/mol. The van der Waals surface area contributed by atoms with Crippen LogP contribution >= 0.6 is 0 Å². The molecule has 0 aliphatic rings. The van der Waals surface area contributed by atoms with Crippen molar-refractivity contribution in [3.8, 4) is 0 Å². The number of rotatable bonds is 39. The van der Waals surface area contributed by atoms with E-state index in [1.807, 2.05) is 0 Å². The first-order valence-corrected chi connectivity index (χ1v) is 22.5. The highest BCUT2D eigenvalue weighted by Crippen LogP contribution is 2.13. The fourth-order valence-corrected chi connectivity index (χ4v) is 6.09. The molecule has 0 spiro atoms. The van der Waals surface area contributed by atoms with Gasteiger partial charge in [0, 0.05) is 19.3 Å². The summed E-state index contributed by atoms with van der Waals surface area (Å²) in [4.78, 5) is 36.8. The normalized spacial score (nSPS) is 13.6. The van der Waals surface area contributed by atoms with Crippen LogP contribution in [0.1, 0.15) is 168 Å². The molecule has 2 atom stereocenters. The van der Waals surface area contributed by atoms with Crippen LogP contribution in [0, 0.1) is 0 Å². The van der Waals surface area contributed by atoms with Crippen molar-refractivity contribution >= 4 is 17.9 Å². The van der Waals surface area contributed by atoms with E-state index in [0.29, 0.717) is 12.8 Å². The second-order valence-electron chi connectivity index (χ2n) is 15.9. The standard InChI is InChI=1S/C49H83NO7/c1-6-8-10-12-14-16-18-20-21-22-23-24-25-26-27-28-30-32-34-36-38-40-48(52)57-45(43-55-42-41-46(49(53)54)50(3,4)5)44-56-47(51)39-37-35-33-31-29-19-17-15-13-11-9-7-2/h9,11,14-17,20-21,23-24,26-27,45-46H,6-8,10,12-13,18-19,22,25,28-44H2,1-5H3/b11-9+,16-14+,17-15+,21-20+,24-23+,27-26+. The van der Waals surface area contributed by atoms with Gasteiger partial charge in [-0.1, -0.05) is 138 Å². The number of carboxylic acids is 1. The molecule has 0 fully saturated rings. The maximum Gasteiger partial charge on any atom is 0.306 e. The second-order valence-corrected chi connectivity index (χ2v) is 15.9. The van der Waals surface area contributed by atoms with E-state index in [4.69, 9.17) is 14.2 Å². The zero-order chi connectivity index (χ0) is 42.1. The van der Waals surface area contributed by atoms with Crippen molar-refractivity contribution < 1.29 is 38.2 Å². The summed E-state index contributed by atoms with van der Waals surface area (Å²) in [5, 5.41) is 11.6. The maximum atomic E-state index is 12.7. The number of aliphatic carboxylic acids is 1. The van der Waals surface area contributed by atoms with Crippen molar-refractivity contribution in [3.05, 3.63) is 72.9 Å². The molecular weight excluding hydrogens is 715 g/mol. The van der Waals surface area contributed by atoms with Gasteiger partial charge < -0.3 is 28.6 Å². The maximum absolute atomic E-state index is 12.7. The predicted octanol–water partition coefficient (Wildman–Crippen LogP) is 11.0. The summed E-state index contributed by atoms with van der Waals surface area (Å²) in [6.45, 7) is 4.47. The molecule has 0 rings (SSSR count). The van der Waals surface area contributed by atoms with Crippen molar-refractivity contribution in [2.75, 3.05) is 41.0 Å². The highest BCUT2D eigenvalue weighted by Gasteiger charge is 2.25. The van der Waals surface area contributed by atoms with E-state index in [1.165, 1.54) is 25.7 Å². The smallest absolute Gasteiger partial charge is 0.306 e. The van der Waals surface area contributed by atoms with E-state index in [1.54, 1.807) is 21.1 Å². The van der Waals surface area contributed by atoms with Crippen molar-refractivity contribution in [2.24, 2.45) is 0 Å². The lowest BCUT2D eigenvalue weighted by atomic mass is 10.1. The summed E-state index contributed by atoms with van der Waals surface area (Å²) in [6, 6.07) is -0.735. The number of esters is 2. The van der Waals surface area contributed by atoms with Crippen molar-refractivity contribution in [1.29, 1.82) is 0 Å². The van der Waals surface area contributed by atoms with Crippen LogP contribution in [-0.2, 0) is 28.6 Å². The van der Waals surface area contributed by atoms with E-state index >= 15 is 0 Å². The molecule has 326 valence electrons. The molecule has 0 heterocycles. The fraction of sp³-hybridized carbons (Fsp3) is 0.694. The van der Waals surface area contributed by atoms with Gasteiger partial charge in [-0.15, -0.1) is 0 Å². The molecule has 0 amide bonds. The lowest BCUT2D eigenvalue weighted by molar-refractivity contribution is -0.889. The Morgan fingerprint density at radius 1 is 0.544 bits per heavy atom. The highest BCUT2D eigenvalue weighted by molar-refractivity contribution is 5.70. The molecule has 0 saturated carbocycles. The van der Waals surface area contributed by atoms with Gasteiger partial charge in [-0.3, -0.25) is 9.59 Å². The minimum Gasteiger partial charge on any atom is -0.544 e. The topological polar surface area (TPSA) is 102 Å². The second kappa shape index (κ2) is 39.6. The summed E-state index contributed by atoms with van der Waals surface area (Å²) in [6.07, 6.45) is 49.3. The number of allylic oxidation sites excluding steroid dienone is 12. The number of hydrogen-bond acceptors (Lipinski definition) is 7. The molecule has 2 unspecified atom stereocenters. The molecule has 0 radical (unpaired) electrons. The van der Waals surface area contributed by atoms with Crippen molar-refractivity contribution in [2.45, 2.75) is 180 Å². The molecule has 0 aromatic rings. The monoisotopic (exact) mass is 798 g/mol. The predicted molar refractivity (Wildman–Crippen MR) is 235 cm³/mol. The van der Waals surface area contributed by atoms with Gasteiger partial charge in [0.15, 0.2) is 6.10 Å². The molecule has 0 aromatic carbocycles. The van der Waals surface area contributed by atoms with Crippen LogP contribution in [0.2, 0.25) is 0 Å². The fourth-order valence-electron chi connectivity index (χ4n) is 6.09. The number of carboxylic acid groups (broad SMARTS) is 1. The van der Waals surface area contributed by atoms with Gasteiger partial charge in [-0.25, -0.2) is 0 Å². The number of quaternary nitrogens is 1. The number of ether oxygens (including phenoxy) is 3. The Hall–Kier alpha value is -3.23. The number of likely N-dealkylation sites (N-methyl/N-ethyl adjacent to an activating group) is 1. The van der Waals surface area contributed by atoms with E-state index in [0.717, 1.165) is 109 Å². The third-order valence-corrected chi connectivity index (χ3v) is 9.58. The van der Waals surface area contributed by atoms with Crippen LogP contribution in [0.15, 0.2) is 72.9 Å². The Labute approximate surface area is 349 Å². The van der Waals surface area contributed by atoms with Crippen LogP contribution in [0.3, 0.4) is 0 Å². The first-order valence-electron chi connectivity index (χ1n) is 22.5. The van der Waals surface area contributed by atoms with Gasteiger partial charge in [-0.05, 0) is 83.5 Å². The van der Waals surface area contributed by atoms with E-state index in [9.17, 15) is 19.5 Å². The van der Waals surface area contributed by atoms with Crippen LogP contribution in [0.5, 0.6) is 0 Å². The molecule has 8 heteroatoms. The number of carbonyl (C=O) groups is 3. The molecule has 57 heavy (non-hydrogen) atoms. The lowest BCUT2D eigenvalue weighted by Crippen LogP contribution is -2.55. The average Bonchev–Trinajstić information content (AvgIpc) is 3.17. The van der Waals surface area contributed by atoms with E-state index in [2.05, 4.69) is 86.8 Å². The molecule has 0 aliphatic heterocycles. The zero-order valence-electron chi connectivity index (χ0n) is 37.0. The van der Waals surface area contributed by atoms with Gasteiger partial charge in [-0.2, -0.15) is 0 Å². The minimum atomic E-state index is -1.13. The minimum absolute atomic E-state index is 0.0246. The number of nitrogens with zero attached hydrogens (tertiary/aromatic N) is 1. The van der Waals surface area contributed by atoms with Gasteiger partial charge in [0.1, 0.15) is 12.6 Å². The lowest BCUT2D eigenvalue weighted by Gasteiger charge is -2.34. The van der Waals surface area contributed by atoms with Crippen LogP contribution in [0.25, 0.3) is 0 Å². The van der Waals surface area contributed by atoms with Crippen molar-refractivity contribution in [1.82, 2.24) is 0 Å². The number of carbonyl (C=O) groups excluding carboxylic acids is 3. The summed E-state index contributed by atoms with van der Waals surface area (Å²) < 4.78 is 17.1. The first-order chi connectivity index (χ1) is 27.6. The van der Waals surface area contributed by atoms with Crippen LogP contribution < -0.4 is 5.11 Å². The molecule has 0 aliphatic carbocycles. The Bertz CT molecular complexity index is 1160.